The number of hydrogen-bond donors (Lipinski definition) is 1. The largest absolute Gasteiger partial charge is 0.388 e. The van der Waals surface area contributed by atoms with E-state index in [1.807, 2.05) is 30.3 Å². The topological polar surface area (TPSA) is 81.8 Å². The molecule has 2 unspecified atom stereocenters. The van der Waals surface area contributed by atoms with Crippen molar-refractivity contribution in [2.75, 3.05) is 13.2 Å². The second-order valence-electron chi connectivity index (χ2n) is 6.71. The predicted molar refractivity (Wildman–Crippen MR) is 94.6 cm³/mol. The van der Waals surface area contributed by atoms with Crippen molar-refractivity contribution in [1.82, 2.24) is 5.16 Å². The summed E-state index contributed by atoms with van der Waals surface area (Å²) in [4.78, 5) is 12.5. The molecule has 0 radical (unpaired) electrons. The molecule has 0 spiro atoms. The van der Waals surface area contributed by atoms with Crippen LogP contribution < -0.4 is 0 Å². The Bertz CT molecular complexity index is 704. The molecule has 1 aromatic heterocycles. The Balaban J connectivity index is 1.60. The first-order valence-corrected chi connectivity index (χ1v) is 9.04. The van der Waals surface area contributed by atoms with E-state index in [0.717, 1.165) is 25.0 Å². The van der Waals surface area contributed by atoms with E-state index in [9.17, 15) is 9.90 Å². The number of aromatic nitrogens is 1. The molecule has 26 heavy (non-hydrogen) atoms. The number of rotatable bonds is 9. The number of carbonyl (C=O) groups excluding carboxylic acids is 1. The molecule has 0 aliphatic carbocycles. The minimum absolute atomic E-state index is 0.106. The number of ketones is 1. The molecule has 1 aliphatic heterocycles. The maximum atomic E-state index is 12.5. The molecule has 2 aromatic rings. The van der Waals surface area contributed by atoms with Gasteiger partial charge in [0, 0.05) is 19.6 Å². The number of hydrogen-bond acceptors (Lipinski definition) is 6. The zero-order chi connectivity index (χ0) is 18.4. The number of nitrogens with zero attached hydrogens (tertiary/aromatic N) is 1. The van der Waals surface area contributed by atoms with Gasteiger partial charge in [0.25, 0.3) is 0 Å². The van der Waals surface area contributed by atoms with Crippen molar-refractivity contribution in [1.29, 1.82) is 0 Å². The zero-order valence-electron chi connectivity index (χ0n) is 15.0. The quantitative estimate of drug-likeness (QED) is 0.691. The second-order valence-corrected chi connectivity index (χ2v) is 6.71. The summed E-state index contributed by atoms with van der Waals surface area (Å²) >= 11 is 0. The van der Waals surface area contributed by atoms with Crippen molar-refractivity contribution in [3.05, 3.63) is 52.9 Å². The van der Waals surface area contributed by atoms with E-state index in [-0.39, 0.29) is 18.1 Å². The molecule has 1 aliphatic rings. The molecule has 0 saturated carbocycles. The highest BCUT2D eigenvalue weighted by Crippen LogP contribution is 2.26. The van der Waals surface area contributed by atoms with Crippen LogP contribution in [0.1, 0.15) is 59.7 Å². The summed E-state index contributed by atoms with van der Waals surface area (Å²) in [5, 5.41) is 14.0. The first kappa shape index (κ1) is 18.8. The number of benzene rings is 1. The fourth-order valence-corrected chi connectivity index (χ4v) is 3.17. The van der Waals surface area contributed by atoms with Crippen LogP contribution >= 0.6 is 0 Å². The fourth-order valence-electron chi connectivity index (χ4n) is 3.17. The van der Waals surface area contributed by atoms with Gasteiger partial charge in [-0.15, -0.1) is 0 Å². The van der Waals surface area contributed by atoms with E-state index in [2.05, 4.69) is 5.16 Å². The van der Waals surface area contributed by atoms with E-state index < -0.39 is 6.10 Å². The lowest BCUT2D eigenvalue weighted by Crippen LogP contribution is -2.10. The molecule has 1 N–H and O–H groups in total. The maximum absolute atomic E-state index is 12.5. The lowest BCUT2D eigenvalue weighted by atomic mass is 9.97. The van der Waals surface area contributed by atoms with Gasteiger partial charge >= 0.3 is 0 Å². The van der Waals surface area contributed by atoms with Gasteiger partial charge in [0.05, 0.1) is 18.3 Å². The minimum atomic E-state index is -0.842. The smallest absolute Gasteiger partial charge is 0.185 e. The zero-order valence-corrected chi connectivity index (χ0v) is 15.0. The number of aliphatic hydroxyl groups excluding tert-OH is 1. The summed E-state index contributed by atoms with van der Waals surface area (Å²) in [5.74, 6) is 0.726. The van der Waals surface area contributed by atoms with Crippen molar-refractivity contribution in [2.24, 2.45) is 5.92 Å². The van der Waals surface area contributed by atoms with Crippen molar-refractivity contribution in [3.63, 3.8) is 0 Å². The first-order chi connectivity index (χ1) is 12.6. The Labute approximate surface area is 153 Å². The van der Waals surface area contributed by atoms with E-state index in [4.69, 9.17) is 14.0 Å². The van der Waals surface area contributed by atoms with Crippen LogP contribution in [0.15, 0.2) is 34.9 Å². The average molecular weight is 359 g/mol. The number of ether oxygens (including phenoxy) is 2. The van der Waals surface area contributed by atoms with Crippen LogP contribution in [0.3, 0.4) is 0 Å². The molecular weight excluding hydrogens is 334 g/mol. The number of carbonyl (C=O) groups is 1. The van der Waals surface area contributed by atoms with Crippen LogP contribution in [-0.2, 0) is 22.7 Å². The first-order valence-electron chi connectivity index (χ1n) is 9.04. The van der Waals surface area contributed by atoms with Crippen LogP contribution in [0.4, 0.5) is 0 Å². The highest BCUT2D eigenvalue weighted by Gasteiger charge is 2.26. The summed E-state index contributed by atoms with van der Waals surface area (Å²) in [6, 6.07) is 9.78. The highest BCUT2D eigenvalue weighted by molar-refractivity contribution is 5.95. The van der Waals surface area contributed by atoms with Crippen molar-refractivity contribution in [3.8, 4) is 0 Å². The molecular formula is C20H25NO5. The van der Waals surface area contributed by atoms with Crippen LogP contribution in [0.5, 0.6) is 0 Å². The molecule has 0 amide bonds. The molecule has 1 saturated heterocycles. The van der Waals surface area contributed by atoms with Gasteiger partial charge < -0.3 is 19.1 Å². The molecule has 6 nitrogen and oxygen atoms in total. The molecule has 2 atom stereocenters. The van der Waals surface area contributed by atoms with Crippen LogP contribution in [-0.4, -0.2) is 29.3 Å². The van der Waals surface area contributed by atoms with Gasteiger partial charge in [0.15, 0.2) is 17.2 Å². The molecule has 3 rings (SSSR count). The molecule has 6 heteroatoms. The van der Waals surface area contributed by atoms with Gasteiger partial charge in [0.1, 0.15) is 6.61 Å². The van der Waals surface area contributed by atoms with Crippen LogP contribution in [0.25, 0.3) is 0 Å². The fraction of sp³-hybridized carbons (Fsp3) is 0.500. The second kappa shape index (κ2) is 9.07. The van der Waals surface area contributed by atoms with Gasteiger partial charge in [-0.25, -0.2) is 0 Å². The van der Waals surface area contributed by atoms with Gasteiger partial charge in [-0.2, -0.15) is 0 Å². The molecule has 1 fully saturated rings. The maximum Gasteiger partial charge on any atom is 0.185 e. The van der Waals surface area contributed by atoms with Gasteiger partial charge in [-0.3, -0.25) is 4.79 Å². The summed E-state index contributed by atoms with van der Waals surface area (Å²) < 4.78 is 16.3. The SMILES string of the molecule is CC(O)c1c(C(=O)CCC2CCOC2)noc1COCc1ccccc1. The standard InChI is InChI=1S/C20H25NO5/c1-14(22)19-18(13-25-12-15-5-3-2-4-6-15)26-21-20(19)17(23)8-7-16-9-10-24-11-16/h2-6,14,16,22H,7-13H2,1H3. The van der Waals surface area contributed by atoms with E-state index in [0.29, 0.717) is 36.9 Å². The van der Waals surface area contributed by atoms with E-state index >= 15 is 0 Å². The molecule has 0 bridgehead atoms. The van der Waals surface area contributed by atoms with E-state index in [1.165, 1.54) is 0 Å². The summed E-state index contributed by atoms with van der Waals surface area (Å²) in [6.45, 7) is 3.67. The van der Waals surface area contributed by atoms with Crippen molar-refractivity contribution in [2.45, 2.75) is 45.5 Å². The van der Waals surface area contributed by atoms with Crippen LogP contribution in [0, 0.1) is 5.92 Å². The highest BCUT2D eigenvalue weighted by atomic mass is 16.5. The Morgan fingerprint density at radius 1 is 1.35 bits per heavy atom. The normalized spacial score (nSPS) is 18.2. The lowest BCUT2D eigenvalue weighted by Gasteiger charge is -2.08. The third-order valence-corrected chi connectivity index (χ3v) is 4.63. The summed E-state index contributed by atoms with van der Waals surface area (Å²) in [5.41, 5.74) is 1.70. The summed E-state index contributed by atoms with van der Waals surface area (Å²) in [7, 11) is 0. The number of Topliss-reactive ketones (excluding diaryl/α,β-unsaturated/α-hetero) is 1. The van der Waals surface area contributed by atoms with Crippen LogP contribution in [0.2, 0.25) is 0 Å². The Morgan fingerprint density at radius 3 is 2.85 bits per heavy atom. The van der Waals surface area contributed by atoms with Gasteiger partial charge in [-0.05, 0) is 31.2 Å². The van der Waals surface area contributed by atoms with Crippen molar-refractivity contribution < 1.29 is 23.9 Å². The average Bonchev–Trinajstić information content (AvgIpc) is 3.30. The molecule has 2 heterocycles. The predicted octanol–water partition coefficient (Wildman–Crippen LogP) is 3.44. The Hall–Kier alpha value is -2.02. The van der Waals surface area contributed by atoms with Crippen molar-refractivity contribution >= 4 is 5.78 Å². The molecule has 1 aromatic carbocycles. The minimum Gasteiger partial charge on any atom is -0.388 e. The lowest BCUT2D eigenvalue weighted by molar-refractivity contribution is 0.0847. The Morgan fingerprint density at radius 2 is 2.15 bits per heavy atom. The third kappa shape index (κ3) is 4.78. The van der Waals surface area contributed by atoms with Gasteiger partial charge in [-0.1, -0.05) is 35.5 Å². The molecule has 140 valence electrons. The number of aliphatic hydroxyl groups is 1. The van der Waals surface area contributed by atoms with E-state index in [1.54, 1.807) is 6.92 Å². The van der Waals surface area contributed by atoms with Gasteiger partial charge in [0.2, 0.25) is 0 Å². The summed E-state index contributed by atoms with van der Waals surface area (Å²) in [6.07, 6.45) is 1.30. The Kier molecular flexibility index (Phi) is 6.55. The third-order valence-electron chi connectivity index (χ3n) is 4.63. The monoisotopic (exact) mass is 359 g/mol.